The van der Waals surface area contributed by atoms with Crippen LogP contribution in [0.3, 0.4) is 0 Å². The molecule has 1 aromatic carbocycles. The third kappa shape index (κ3) is 4.78. The highest BCUT2D eigenvalue weighted by Gasteiger charge is 2.59. The lowest BCUT2D eigenvalue weighted by Crippen LogP contribution is -2.33. The summed E-state index contributed by atoms with van der Waals surface area (Å²) in [7, 11) is 0. The molecule has 2 N–H and O–H groups in total. The Morgan fingerprint density at radius 3 is 2.33 bits per heavy atom. The number of ether oxygens (including phenoxy) is 1. The van der Waals surface area contributed by atoms with Crippen LogP contribution in [0.25, 0.3) is 16.9 Å². The van der Waals surface area contributed by atoms with Crippen LogP contribution in [0.1, 0.15) is 41.0 Å². The van der Waals surface area contributed by atoms with Crippen LogP contribution < -0.4 is 10.5 Å². The van der Waals surface area contributed by atoms with Crippen LogP contribution in [0, 0.1) is 24.6 Å². The number of nitrogens with two attached hydrogens (primary N) is 1. The molecule has 1 saturated heterocycles. The van der Waals surface area contributed by atoms with Gasteiger partial charge in [0.2, 0.25) is 5.88 Å². The van der Waals surface area contributed by atoms with Crippen LogP contribution >= 0.6 is 0 Å². The number of pyridine rings is 2. The Hall–Kier alpha value is -3.99. The molecule has 2 fully saturated rings. The van der Waals surface area contributed by atoms with E-state index in [2.05, 4.69) is 9.97 Å². The first-order chi connectivity index (χ1) is 18.8. The minimum absolute atomic E-state index is 0.0378. The van der Waals surface area contributed by atoms with Gasteiger partial charge in [0.1, 0.15) is 17.6 Å². The summed E-state index contributed by atoms with van der Waals surface area (Å²) in [6.45, 7) is 6.06. The summed E-state index contributed by atoms with van der Waals surface area (Å²) in [4.78, 5) is 23.4. The zero-order chi connectivity index (χ0) is 28.6. The number of piperidine rings is 1. The quantitative estimate of drug-likeness (QED) is 0.343. The highest BCUT2D eigenvalue weighted by Crippen LogP contribution is 2.48. The van der Waals surface area contributed by atoms with E-state index in [1.54, 1.807) is 30.0 Å². The molecule has 4 aromatic rings. The number of rotatable bonds is 5. The molecule has 11 heteroatoms. The molecule has 208 valence electrons. The van der Waals surface area contributed by atoms with Gasteiger partial charge in [-0.2, -0.15) is 13.2 Å². The highest BCUT2D eigenvalue weighted by atomic mass is 19.4. The molecule has 1 aliphatic heterocycles. The van der Waals surface area contributed by atoms with Gasteiger partial charge in [-0.3, -0.25) is 4.79 Å². The second-order valence-corrected chi connectivity index (χ2v) is 11.2. The first-order valence-corrected chi connectivity index (χ1v) is 12.9. The number of fused-ring (bicyclic) bond motifs is 2. The molecule has 0 radical (unpaired) electrons. The van der Waals surface area contributed by atoms with Gasteiger partial charge in [0.05, 0.1) is 22.5 Å². The van der Waals surface area contributed by atoms with E-state index in [-0.39, 0.29) is 35.0 Å². The molecule has 6 rings (SSSR count). The topological polar surface area (TPSA) is 85.8 Å². The number of likely N-dealkylation sites (tertiary alicyclic amines) is 1. The van der Waals surface area contributed by atoms with Gasteiger partial charge in [0.15, 0.2) is 0 Å². The molecule has 1 amide bonds. The van der Waals surface area contributed by atoms with Crippen molar-refractivity contribution in [2.45, 2.75) is 38.6 Å². The fourth-order valence-corrected chi connectivity index (χ4v) is 5.39. The summed E-state index contributed by atoms with van der Waals surface area (Å²) in [5.74, 6) is -0.362. The zero-order valence-corrected chi connectivity index (χ0v) is 22.0. The van der Waals surface area contributed by atoms with Crippen molar-refractivity contribution in [2.24, 2.45) is 17.6 Å². The van der Waals surface area contributed by atoms with Crippen LogP contribution in [0.2, 0.25) is 0 Å². The SMILES string of the molecule is Cc1cn2cc(C(=O)N3C[C@@H]4C(Oc5cc(C(C)(C)N)cc(-c6ccc(F)cc6)n5)[C@@H]4C3)cc(C(F)(F)F)c2n1. The Kier molecular flexibility index (Phi) is 5.92. The van der Waals surface area contributed by atoms with Gasteiger partial charge in [-0.05, 0) is 62.7 Å². The number of carbonyl (C=O) groups excluding carboxylic acids is 1. The third-order valence-corrected chi connectivity index (χ3v) is 7.57. The fraction of sp³-hybridized carbons (Fsp3) is 0.345. The number of amides is 1. The monoisotopic (exact) mass is 553 g/mol. The molecule has 1 aliphatic carbocycles. The molecule has 7 nitrogen and oxygen atoms in total. The van der Waals surface area contributed by atoms with Crippen molar-refractivity contribution in [1.29, 1.82) is 0 Å². The molecule has 1 unspecified atom stereocenters. The number of hydrogen-bond donors (Lipinski definition) is 1. The summed E-state index contributed by atoms with van der Waals surface area (Å²) >= 11 is 0. The second kappa shape index (κ2) is 9.02. The summed E-state index contributed by atoms with van der Waals surface area (Å²) in [6, 6.07) is 10.5. The molecule has 3 aromatic heterocycles. The molecule has 0 spiro atoms. The molecule has 1 saturated carbocycles. The number of alkyl halides is 3. The van der Waals surface area contributed by atoms with Crippen LogP contribution in [0.4, 0.5) is 17.6 Å². The zero-order valence-electron chi connectivity index (χ0n) is 22.0. The Labute approximate surface area is 227 Å². The molecule has 2 aliphatic rings. The molecule has 3 atom stereocenters. The van der Waals surface area contributed by atoms with Crippen LogP contribution in [0.15, 0.2) is 54.9 Å². The predicted octanol–water partition coefficient (Wildman–Crippen LogP) is 5.21. The minimum atomic E-state index is -4.65. The summed E-state index contributed by atoms with van der Waals surface area (Å²) < 4.78 is 62.1. The van der Waals surface area contributed by atoms with Crippen LogP contribution in [-0.2, 0) is 11.7 Å². The van der Waals surface area contributed by atoms with Gasteiger partial charge in [0.25, 0.3) is 5.91 Å². The number of imidazole rings is 1. The number of aromatic nitrogens is 3. The van der Waals surface area contributed by atoms with Crippen molar-refractivity contribution in [3.63, 3.8) is 0 Å². The van der Waals surface area contributed by atoms with E-state index < -0.39 is 23.2 Å². The minimum Gasteiger partial charge on any atom is -0.474 e. The maximum atomic E-state index is 13.7. The Morgan fingerprint density at radius 2 is 1.70 bits per heavy atom. The van der Waals surface area contributed by atoms with Crippen molar-refractivity contribution >= 4 is 11.6 Å². The van der Waals surface area contributed by atoms with Gasteiger partial charge in [0, 0.05) is 54.5 Å². The van der Waals surface area contributed by atoms with Gasteiger partial charge in [-0.1, -0.05) is 0 Å². The van der Waals surface area contributed by atoms with E-state index in [1.165, 1.54) is 28.9 Å². The van der Waals surface area contributed by atoms with E-state index in [4.69, 9.17) is 10.5 Å². The number of aryl methyl sites for hydroxylation is 1. The summed E-state index contributed by atoms with van der Waals surface area (Å²) in [5.41, 5.74) is 7.00. The van der Waals surface area contributed by atoms with Crippen molar-refractivity contribution in [3.8, 4) is 17.1 Å². The smallest absolute Gasteiger partial charge is 0.420 e. The molecular formula is C29H27F4N5O2. The average Bonchev–Trinajstić information content (AvgIpc) is 3.19. The maximum absolute atomic E-state index is 13.7. The second-order valence-electron chi connectivity index (χ2n) is 11.2. The Morgan fingerprint density at radius 1 is 1.02 bits per heavy atom. The molecular weight excluding hydrogens is 526 g/mol. The van der Waals surface area contributed by atoms with E-state index in [1.807, 2.05) is 19.9 Å². The predicted molar refractivity (Wildman–Crippen MR) is 139 cm³/mol. The fourth-order valence-electron chi connectivity index (χ4n) is 5.39. The summed E-state index contributed by atoms with van der Waals surface area (Å²) in [6.07, 6.45) is -1.96. The van der Waals surface area contributed by atoms with E-state index >= 15 is 0 Å². The van der Waals surface area contributed by atoms with Gasteiger partial charge < -0.3 is 19.8 Å². The lowest BCUT2D eigenvalue weighted by molar-refractivity contribution is -0.136. The third-order valence-electron chi connectivity index (χ3n) is 7.57. The largest absolute Gasteiger partial charge is 0.474 e. The first kappa shape index (κ1) is 26.2. The van der Waals surface area contributed by atoms with Crippen LogP contribution in [0.5, 0.6) is 5.88 Å². The van der Waals surface area contributed by atoms with E-state index in [0.717, 1.165) is 11.6 Å². The standard InChI is InChI=1S/C29H27F4N5O2/c1-15-11-37-12-17(8-22(26(37)35-15)29(31,32)33)27(39)38-13-20-21(14-38)25(20)40-24-10-18(28(2,3)34)9-23(36-24)16-4-6-19(30)7-5-16/h4-12,20-21,25H,13-14,34H2,1-3H3/t20-,21+,25?. The van der Waals surface area contributed by atoms with E-state index in [9.17, 15) is 22.4 Å². The van der Waals surface area contributed by atoms with Gasteiger partial charge >= 0.3 is 6.18 Å². The molecule has 0 bridgehead atoms. The van der Waals surface area contributed by atoms with Crippen molar-refractivity contribution in [2.75, 3.05) is 13.1 Å². The van der Waals surface area contributed by atoms with Crippen molar-refractivity contribution < 1.29 is 27.1 Å². The van der Waals surface area contributed by atoms with Crippen LogP contribution in [-0.4, -0.2) is 44.4 Å². The average molecular weight is 554 g/mol. The van der Waals surface area contributed by atoms with Gasteiger partial charge in [-0.15, -0.1) is 0 Å². The highest BCUT2D eigenvalue weighted by molar-refractivity contribution is 5.95. The number of halogens is 4. The first-order valence-electron chi connectivity index (χ1n) is 12.9. The molecule has 4 heterocycles. The lowest BCUT2D eigenvalue weighted by Gasteiger charge is -2.23. The number of hydrogen-bond acceptors (Lipinski definition) is 5. The van der Waals surface area contributed by atoms with E-state index in [0.29, 0.717) is 35.9 Å². The Balaban J connectivity index is 1.19. The van der Waals surface area contributed by atoms with Crippen molar-refractivity contribution in [3.05, 3.63) is 83.1 Å². The molecule has 40 heavy (non-hydrogen) atoms. The number of nitrogens with zero attached hydrogens (tertiary/aromatic N) is 4. The Bertz CT molecular complexity index is 1610. The maximum Gasteiger partial charge on any atom is 0.420 e. The lowest BCUT2D eigenvalue weighted by atomic mass is 9.95. The number of carbonyl (C=O) groups is 1. The van der Waals surface area contributed by atoms with Gasteiger partial charge in [-0.25, -0.2) is 14.4 Å². The van der Waals surface area contributed by atoms with Crippen molar-refractivity contribution in [1.82, 2.24) is 19.3 Å². The normalized spacial score (nSPS) is 20.6. The summed E-state index contributed by atoms with van der Waals surface area (Å²) in [5, 5.41) is 0. The number of benzene rings is 1.